The molecule has 1 aliphatic heterocycles. The predicted molar refractivity (Wildman–Crippen MR) is 114 cm³/mol. The van der Waals surface area contributed by atoms with Crippen LogP contribution in [0.3, 0.4) is 0 Å². The molecule has 164 valence electrons. The molecule has 3 rings (SSSR count). The zero-order chi connectivity index (χ0) is 21.7. The van der Waals surface area contributed by atoms with Crippen molar-refractivity contribution in [1.82, 2.24) is 19.2 Å². The van der Waals surface area contributed by atoms with Gasteiger partial charge in [0.25, 0.3) is 10.0 Å². The van der Waals surface area contributed by atoms with Gasteiger partial charge in [0.2, 0.25) is 5.91 Å². The molecule has 2 aromatic rings. The summed E-state index contributed by atoms with van der Waals surface area (Å²) in [6, 6.07) is 7.69. The molecule has 1 saturated heterocycles. The summed E-state index contributed by atoms with van der Waals surface area (Å²) >= 11 is 0. The maximum Gasteiger partial charge on any atom is 0.262 e. The van der Waals surface area contributed by atoms with Gasteiger partial charge in [-0.3, -0.25) is 4.79 Å². The van der Waals surface area contributed by atoms with E-state index in [0.717, 1.165) is 11.3 Å². The van der Waals surface area contributed by atoms with E-state index in [2.05, 4.69) is 10.3 Å². The number of sulfonamides is 1. The largest absolute Gasteiger partial charge is 0.494 e. The number of benzene rings is 1. The molecule has 0 radical (unpaired) electrons. The Balaban J connectivity index is 1.59. The van der Waals surface area contributed by atoms with Crippen LogP contribution in [0, 0.1) is 5.92 Å². The number of aromatic nitrogens is 2. The molecule has 0 saturated carbocycles. The lowest BCUT2D eigenvalue weighted by molar-refractivity contribution is -0.126. The van der Waals surface area contributed by atoms with E-state index in [0.29, 0.717) is 32.5 Å². The van der Waals surface area contributed by atoms with E-state index in [-0.39, 0.29) is 29.4 Å². The monoisotopic (exact) mass is 434 g/mol. The lowest BCUT2D eigenvalue weighted by atomic mass is 9.99. The average Bonchev–Trinajstić information content (AvgIpc) is 3.25. The Kier molecular flexibility index (Phi) is 7.14. The Morgan fingerprint density at radius 1 is 1.30 bits per heavy atom. The molecule has 0 bridgehead atoms. The molecule has 1 amide bonds. The van der Waals surface area contributed by atoms with Crippen molar-refractivity contribution < 1.29 is 17.9 Å². The highest BCUT2D eigenvalue weighted by molar-refractivity contribution is 7.89. The second-order valence-corrected chi connectivity index (χ2v) is 9.63. The van der Waals surface area contributed by atoms with Crippen molar-refractivity contribution >= 4 is 15.9 Å². The van der Waals surface area contributed by atoms with Crippen LogP contribution in [0.2, 0.25) is 0 Å². The maximum absolute atomic E-state index is 13.0. The molecule has 0 spiro atoms. The highest BCUT2D eigenvalue weighted by Gasteiger charge is 2.34. The number of hydrogen-bond donors (Lipinski definition) is 1. The van der Waals surface area contributed by atoms with Gasteiger partial charge in [0, 0.05) is 31.9 Å². The third kappa shape index (κ3) is 5.20. The number of ether oxygens (including phenoxy) is 1. The Hall–Kier alpha value is -2.39. The quantitative estimate of drug-likeness (QED) is 0.689. The van der Waals surface area contributed by atoms with Gasteiger partial charge in [0.1, 0.15) is 5.75 Å². The fourth-order valence-corrected chi connectivity index (χ4v) is 4.89. The summed E-state index contributed by atoms with van der Waals surface area (Å²) in [6.07, 6.45) is 4.39. The van der Waals surface area contributed by atoms with Crippen LogP contribution in [0.5, 0.6) is 5.75 Å². The molecule has 2 heterocycles. The van der Waals surface area contributed by atoms with Crippen molar-refractivity contribution in [3.05, 3.63) is 42.4 Å². The van der Waals surface area contributed by atoms with E-state index in [9.17, 15) is 13.2 Å². The second kappa shape index (κ2) is 9.61. The fourth-order valence-electron chi connectivity index (χ4n) is 3.44. The average molecular weight is 435 g/mol. The molecule has 1 aromatic heterocycles. The van der Waals surface area contributed by atoms with Crippen LogP contribution >= 0.6 is 0 Å². The Morgan fingerprint density at radius 3 is 2.67 bits per heavy atom. The minimum Gasteiger partial charge on any atom is -0.494 e. The zero-order valence-corrected chi connectivity index (χ0v) is 18.6. The number of piperidine rings is 1. The van der Waals surface area contributed by atoms with E-state index < -0.39 is 10.0 Å². The minimum absolute atomic E-state index is 0.0339. The third-order valence-electron chi connectivity index (χ3n) is 5.23. The number of carbonyl (C=O) groups excluding carboxylic acids is 1. The number of hydrogen-bond acceptors (Lipinski definition) is 5. The Bertz CT molecular complexity index is 954. The smallest absolute Gasteiger partial charge is 0.262 e. The number of nitrogens with one attached hydrogen (secondary N) is 1. The Morgan fingerprint density at radius 2 is 2.03 bits per heavy atom. The normalized spacial score (nSPS) is 17.8. The number of amides is 1. The number of rotatable bonds is 8. The summed E-state index contributed by atoms with van der Waals surface area (Å²) in [4.78, 5) is 16.7. The third-order valence-corrected chi connectivity index (χ3v) is 6.99. The van der Waals surface area contributed by atoms with Gasteiger partial charge in [-0.05, 0) is 51.3 Å². The summed E-state index contributed by atoms with van der Waals surface area (Å²) in [5.41, 5.74) is 0.964. The van der Waals surface area contributed by atoms with Crippen molar-refractivity contribution in [1.29, 1.82) is 0 Å². The van der Waals surface area contributed by atoms with Crippen molar-refractivity contribution in [2.75, 3.05) is 19.7 Å². The van der Waals surface area contributed by atoms with Crippen LogP contribution in [0.4, 0.5) is 0 Å². The molecule has 1 atom stereocenters. The summed E-state index contributed by atoms with van der Waals surface area (Å²) in [5, 5.41) is 2.96. The molecule has 1 N–H and O–H groups in total. The molecule has 1 fully saturated rings. The van der Waals surface area contributed by atoms with Gasteiger partial charge < -0.3 is 14.6 Å². The standard InChI is InChI=1S/C21H30N4O4S/c1-4-29-19-9-7-17(8-10-19)12-22-21(26)18-6-5-11-25(13-18)30(27,28)20-14-24(15-23-20)16(2)3/h7-10,14-16,18H,4-6,11-13H2,1-3H3,(H,22,26)/t18-/m0/s1. The van der Waals surface area contributed by atoms with Crippen molar-refractivity contribution in [2.45, 2.75) is 51.2 Å². The lowest BCUT2D eigenvalue weighted by Gasteiger charge is -2.30. The van der Waals surface area contributed by atoms with E-state index in [4.69, 9.17) is 4.74 Å². The molecule has 0 aliphatic carbocycles. The SMILES string of the molecule is CCOc1ccc(CNC(=O)[C@H]2CCCN(S(=O)(=O)c3cn(C(C)C)cn3)C2)cc1. The molecule has 8 nitrogen and oxygen atoms in total. The predicted octanol–water partition coefficient (Wildman–Crippen LogP) is 2.58. The van der Waals surface area contributed by atoms with E-state index in [1.54, 1.807) is 10.8 Å². The molecular weight excluding hydrogens is 404 g/mol. The molecule has 0 unspecified atom stereocenters. The van der Waals surface area contributed by atoms with Crippen molar-refractivity contribution in [3.8, 4) is 5.75 Å². The highest BCUT2D eigenvalue weighted by Crippen LogP contribution is 2.24. The van der Waals surface area contributed by atoms with Crippen LogP contribution in [-0.2, 0) is 21.4 Å². The molecule has 9 heteroatoms. The second-order valence-electron chi connectivity index (χ2n) is 7.75. The first-order chi connectivity index (χ1) is 14.3. The summed E-state index contributed by atoms with van der Waals surface area (Å²) in [5.74, 6) is 0.292. The number of nitrogens with zero attached hydrogens (tertiary/aromatic N) is 3. The van der Waals surface area contributed by atoms with Gasteiger partial charge in [-0.25, -0.2) is 13.4 Å². The number of carbonyl (C=O) groups is 1. The first kappa shape index (κ1) is 22.3. The van der Waals surface area contributed by atoms with Gasteiger partial charge in [-0.1, -0.05) is 12.1 Å². The minimum atomic E-state index is -3.71. The van der Waals surface area contributed by atoms with Crippen LogP contribution < -0.4 is 10.1 Å². The summed E-state index contributed by atoms with van der Waals surface area (Å²) < 4.78 is 34.5. The Labute approximate surface area is 178 Å². The van der Waals surface area contributed by atoms with Gasteiger partial charge in [0.15, 0.2) is 5.03 Å². The van der Waals surface area contributed by atoms with Crippen molar-refractivity contribution in [3.63, 3.8) is 0 Å². The first-order valence-electron chi connectivity index (χ1n) is 10.3. The molecule has 1 aromatic carbocycles. The summed E-state index contributed by atoms with van der Waals surface area (Å²) in [6.45, 7) is 7.43. The molecular formula is C21H30N4O4S. The molecule has 1 aliphatic rings. The summed E-state index contributed by atoms with van der Waals surface area (Å²) in [7, 11) is -3.71. The van der Waals surface area contributed by atoms with E-state index >= 15 is 0 Å². The van der Waals surface area contributed by atoms with Gasteiger partial charge in [0.05, 0.1) is 18.9 Å². The fraction of sp³-hybridized carbons (Fsp3) is 0.524. The molecule has 30 heavy (non-hydrogen) atoms. The first-order valence-corrected chi connectivity index (χ1v) is 11.8. The topological polar surface area (TPSA) is 93.5 Å². The van der Waals surface area contributed by atoms with Crippen LogP contribution in [0.15, 0.2) is 41.8 Å². The van der Waals surface area contributed by atoms with Crippen LogP contribution in [0.1, 0.15) is 45.2 Å². The number of imidazole rings is 1. The van der Waals surface area contributed by atoms with Crippen LogP contribution in [0.25, 0.3) is 0 Å². The highest BCUT2D eigenvalue weighted by atomic mass is 32.2. The van der Waals surface area contributed by atoms with Gasteiger partial charge in [-0.2, -0.15) is 4.31 Å². The zero-order valence-electron chi connectivity index (χ0n) is 17.7. The van der Waals surface area contributed by atoms with Crippen LogP contribution in [-0.4, -0.2) is 47.9 Å². The van der Waals surface area contributed by atoms with Crippen molar-refractivity contribution in [2.24, 2.45) is 5.92 Å². The van der Waals surface area contributed by atoms with Gasteiger partial charge in [-0.15, -0.1) is 0 Å². The lowest BCUT2D eigenvalue weighted by Crippen LogP contribution is -2.45. The van der Waals surface area contributed by atoms with E-state index in [1.807, 2.05) is 45.0 Å². The maximum atomic E-state index is 13.0. The van der Waals surface area contributed by atoms with Gasteiger partial charge >= 0.3 is 0 Å². The van der Waals surface area contributed by atoms with E-state index in [1.165, 1.54) is 10.6 Å².